The van der Waals surface area contributed by atoms with Gasteiger partial charge in [0.15, 0.2) is 0 Å². The van der Waals surface area contributed by atoms with E-state index in [-0.39, 0.29) is 17.8 Å². The Balaban J connectivity index is 1.20. The lowest BCUT2D eigenvalue weighted by Crippen LogP contribution is -2.44. The van der Waals surface area contributed by atoms with Gasteiger partial charge < -0.3 is 25.4 Å². The number of rotatable bonds is 8. The summed E-state index contributed by atoms with van der Waals surface area (Å²) in [6.07, 6.45) is -4.10. The van der Waals surface area contributed by atoms with Crippen LogP contribution in [0.25, 0.3) is 10.9 Å². The Morgan fingerprint density at radius 2 is 1.59 bits per heavy atom. The molecule has 4 aromatic rings. The average Bonchev–Trinajstić information content (AvgIpc) is 2.91. The Labute approximate surface area is 224 Å². The Morgan fingerprint density at radius 3 is 2.33 bits per heavy atom. The van der Waals surface area contributed by atoms with Crippen LogP contribution in [0, 0.1) is 0 Å². The van der Waals surface area contributed by atoms with Gasteiger partial charge in [-0.05, 0) is 67.2 Å². The first-order valence-corrected chi connectivity index (χ1v) is 12.7. The molecule has 7 nitrogen and oxygen atoms in total. The highest BCUT2D eigenvalue weighted by molar-refractivity contribution is 5.79. The number of benzene rings is 3. The number of halogens is 3. The van der Waals surface area contributed by atoms with E-state index in [1.54, 1.807) is 36.5 Å². The molecule has 0 spiro atoms. The smallest absolute Gasteiger partial charge is 0.416 e. The summed E-state index contributed by atoms with van der Waals surface area (Å²) >= 11 is 0. The lowest BCUT2D eigenvalue weighted by molar-refractivity contribution is -0.138. The maximum absolute atomic E-state index is 13.9. The summed E-state index contributed by atoms with van der Waals surface area (Å²) < 4.78 is 47.5. The molecule has 0 radical (unpaired) electrons. The summed E-state index contributed by atoms with van der Waals surface area (Å²) in [6.45, 7) is 3.33. The number of aliphatic hydroxyl groups excluding tert-OH is 1. The summed E-state index contributed by atoms with van der Waals surface area (Å²) in [7, 11) is 2.00. The van der Waals surface area contributed by atoms with Gasteiger partial charge in [-0.1, -0.05) is 12.1 Å². The van der Waals surface area contributed by atoms with Gasteiger partial charge in [0.05, 0.1) is 11.1 Å². The van der Waals surface area contributed by atoms with E-state index in [4.69, 9.17) is 4.74 Å². The van der Waals surface area contributed by atoms with Gasteiger partial charge in [0.2, 0.25) is 6.35 Å². The quantitative estimate of drug-likeness (QED) is 0.253. The van der Waals surface area contributed by atoms with Crippen molar-refractivity contribution in [3.05, 3.63) is 90.1 Å². The first kappa shape index (κ1) is 26.7. The molecule has 1 unspecified atom stereocenters. The summed E-state index contributed by atoms with van der Waals surface area (Å²) in [5.74, 6) is 1.23. The number of alkyl halides is 3. The van der Waals surface area contributed by atoms with Crippen LogP contribution in [0.4, 0.5) is 24.5 Å². The van der Waals surface area contributed by atoms with Gasteiger partial charge in [-0.2, -0.15) is 13.2 Å². The van der Waals surface area contributed by atoms with Crippen LogP contribution in [0.2, 0.25) is 0 Å². The normalized spacial score (nSPS) is 15.7. The number of hydrogen-bond acceptors (Lipinski definition) is 7. The number of anilines is 2. The number of nitrogens with zero attached hydrogens (tertiary/aromatic N) is 3. The topological polar surface area (TPSA) is 72.9 Å². The van der Waals surface area contributed by atoms with Crippen molar-refractivity contribution in [2.45, 2.75) is 19.1 Å². The Hall–Kier alpha value is -3.86. The fourth-order valence-electron chi connectivity index (χ4n) is 4.53. The fraction of sp³-hybridized carbons (Fsp3) is 0.276. The molecule has 1 aliphatic heterocycles. The summed E-state index contributed by atoms with van der Waals surface area (Å²) in [5.41, 5.74) is 1.06. The SMILES string of the molecule is CN1CCN(Cc2ccc(NC(O)Nc3ccc(Oc4ccc5cccnc5c4)cc3)cc2C(F)(F)F)CC1. The number of hydrogen-bond donors (Lipinski definition) is 3. The highest BCUT2D eigenvalue weighted by Crippen LogP contribution is 2.35. The number of likely N-dealkylation sites (N-methyl/N-ethyl adjacent to an activating group) is 1. The van der Waals surface area contributed by atoms with E-state index >= 15 is 0 Å². The molecule has 1 atom stereocenters. The molecule has 0 aliphatic carbocycles. The summed E-state index contributed by atoms with van der Waals surface area (Å²) in [5, 5.41) is 17.0. The van der Waals surface area contributed by atoms with E-state index < -0.39 is 18.1 Å². The van der Waals surface area contributed by atoms with E-state index in [9.17, 15) is 18.3 Å². The van der Waals surface area contributed by atoms with E-state index in [0.29, 0.717) is 17.2 Å². The molecule has 5 rings (SSSR count). The third kappa shape index (κ3) is 6.97. The van der Waals surface area contributed by atoms with Crippen LogP contribution in [-0.2, 0) is 12.7 Å². The standard InChI is InChI=1S/C29H30F3N5O2/c1-36-13-15-37(16-14-36)19-21-4-6-23(17-26(21)29(30,31)32)35-28(38)34-22-7-10-24(11-8-22)39-25-9-5-20-3-2-12-33-27(20)18-25/h2-12,17-18,28,34-35,38H,13-16,19H2,1H3. The molecule has 10 heteroatoms. The molecular formula is C29H30F3N5O2. The number of nitrogens with one attached hydrogen (secondary N) is 2. The number of aromatic nitrogens is 1. The third-order valence-corrected chi connectivity index (χ3v) is 6.68. The van der Waals surface area contributed by atoms with Crippen LogP contribution >= 0.6 is 0 Å². The molecule has 1 fully saturated rings. The van der Waals surface area contributed by atoms with Crippen LogP contribution in [0.1, 0.15) is 11.1 Å². The van der Waals surface area contributed by atoms with Gasteiger partial charge in [-0.3, -0.25) is 9.88 Å². The molecule has 0 saturated carbocycles. The van der Waals surface area contributed by atoms with Crippen molar-refractivity contribution in [3.63, 3.8) is 0 Å². The predicted octanol–water partition coefficient (Wildman–Crippen LogP) is 5.59. The highest BCUT2D eigenvalue weighted by Gasteiger charge is 2.34. The van der Waals surface area contributed by atoms with E-state index in [1.165, 1.54) is 6.07 Å². The van der Waals surface area contributed by atoms with Crippen LogP contribution in [0.5, 0.6) is 11.5 Å². The van der Waals surface area contributed by atoms with Gasteiger partial charge in [0.25, 0.3) is 0 Å². The molecule has 3 N–H and O–H groups in total. The van der Waals surface area contributed by atoms with Gasteiger partial charge in [-0.25, -0.2) is 0 Å². The lowest BCUT2D eigenvalue weighted by atomic mass is 10.0. The second kappa shape index (κ2) is 11.5. The minimum absolute atomic E-state index is 0.161. The Kier molecular flexibility index (Phi) is 7.87. The van der Waals surface area contributed by atoms with Crippen molar-refractivity contribution in [2.75, 3.05) is 43.9 Å². The lowest BCUT2D eigenvalue weighted by Gasteiger charge is -2.33. The van der Waals surface area contributed by atoms with Crippen LogP contribution in [-0.4, -0.2) is 59.5 Å². The largest absolute Gasteiger partial charge is 0.457 e. The number of piperazine rings is 1. The first-order valence-electron chi connectivity index (χ1n) is 12.7. The Bertz CT molecular complexity index is 1410. The minimum atomic E-state index is -4.51. The zero-order valence-electron chi connectivity index (χ0n) is 21.4. The monoisotopic (exact) mass is 537 g/mol. The molecule has 3 aromatic carbocycles. The van der Waals surface area contributed by atoms with E-state index in [0.717, 1.165) is 43.1 Å². The molecule has 1 saturated heterocycles. The number of aliphatic hydroxyl groups is 1. The van der Waals surface area contributed by atoms with Crippen molar-refractivity contribution in [3.8, 4) is 11.5 Å². The maximum Gasteiger partial charge on any atom is 0.416 e. The van der Waals surface area contributed by atoms with Crippen LogP contribution in [0.3, 0.4) is 0 Å². The zero-order chi connectivity index (χ0) is 27.4. The summed E-state index contributed by atoms with van der Waals surface area (Å²) in [6, 6.07) is 20.4. The molecular weight excluding hydrogens is 507 g/mol. The number of ether oxygens (including phenoxy) is 1. The minimum Gasteiger partial charge on any atom is -0.457 e. The van der Waals surface area contributed by atoms with Crippen molar-refractivity contribution >= 4 is 22.3 Å². The summed E-state index contributed by atoms with van der Waals surface area (Å²) in [4.78, 5) is 8.51. The Morgan fingerprint density at radius 1 is 0.897 bits per heavy atom. The molecule has 204 valence electrons. The highest BCUT2D eigenvalue weighted by atomic mass is 19.4. The predicted molar refractivity (Wildman–Crippen MR) is 146 cm³/mol. The molecule has 1 aromatic heterocycles. The van der Waals surface area contributed by atoms with Crippen molar-refractivity contribution in [1.29, 1.82) is 0 Å². The number of pyridine rings is 1. The average molecular weight is 538 g/mol. The molecule has 0 bridgehead atoms. The fourth-order valence-corrected chi connectivity index (χ4v) is 4.53. The third-order valence-electron chi connectivity index (χ3n) is 6.68. The van der Waals surface area contributed by atoms with E-state index in [1.807, 2.05) is 42.3 Å². The van der Waals surface area contributed by atoms with Gasteiger partial charge in [0.1, 0.15) is 11.5 Å². The number of fused-ring (bicyclic) bond motifs is 1. The first-order chi connectivity index (χ1) is 18.7. The van der Waals surface area contributed by atoms with Crippen molar-refractivity contribution in [2.24, 2.45) is 0 Å². The molecule has 39 heavy (non-hydrogen) atoms. The molecule has 2 heterocycles. The zero-order valence-corrected chi connectivity index (χ0v) is 21.4. The van der Waals surface area contributed by atoms with Gasteiger partial charge >= 0.3 is 6.18 Å². The molecule has 0 amide bonds. The second-order valence-corrected chi connectivity index (χ2v) is 9.62. The maximum atomic E-state index is 13.9. The molecule has 1 aliphatic rings. The van der Waals surface area contributed by atoms with Crippen LogP contribution < -0.4 is 15.4 Å². The van der Waals surface area contributed by atoms with Crippen LogP contribution in [0.15, 0.2) is 79.0 Å². The van der Waals surface area contributed by atoms with E-state index in [2.05, 4.69) is 20.5 Å². The second-order valence-electron chi connectivity index (χ2n) is 9.62. The van der Waals surface area contributed by atoms with Crippen molar-refractivity contribution in [1.82, 2.24) is 14.8 Å². The van der Waals surface area contributed by atoms with Gasteiger partial charge in [-0.15, -0.1) is 0 Å². The van der Waals surface area contributed by atoms with Gasteiger partial charge in [0, 0.05) is 61.7 Å². The van der Waals surface area contributed by atoms with Crippen molar-refractivity contribution < 1.29 is 23.0 Å².